The zero-order valence-electron chi connectivity index (χ0n) is 21.3. The molecule has 3 atom stereocenters. The Labute approximate surface area is 203 Å². The minimum absolute atomic E-state index is 0.383. The fourth-order valence-corrected chi connectivity index (χ4v) is 3.47. The number of carbonyl (C=O) groups is 1. The molecule has 0 radical (unpaired) electrons. The minimum atomic E-state index is -1.11. The predicted molar refractivity (Wildman–Crippen MR) is 139 cm³/mol. The Morgan fingerprint density at radius 1 is 0.727 bits per heavy atom. The van der Waals surface area contributed by atoms with E-state index in [9.17, 15) is 20.1 Å². The van der Waals surface area contributed by atoms with E-state index >= 15 is 0 Å². The van der Waals surface area contributed by atoms with Crippen LogP contribution in [0, 0.1) is 0 Å². The second-order valence-corrected chi connectivity index (χ2v) is 8.88. The van der Waals surface area contributed by atoms with Crippen LogP contribution in [0.5, 0.6) is 0 Å². The Morgan fingerprint density at radius 2 is 1.27 bits per heavy atom. The summed E-state index contributed by atoms with van der Waals surface area (Å²) < 4.78 is 0. The van der Waals surface area contributed by atoms with Crippen molar-refractivity contribution in [3.05, 3.63) is 36.5 Å². The molecule has 0 aliphatic heterocycles. The molecule has 33 heavy (non-hydrogen) atoms. The lowest BCUT2D eigenvalue weighted by Gasteiger charge is -2.21. The normalized spacial score (nSPS) is 14.9. The van der Waals surface area contributed by atoms with Gasteiger partial charge in [0.25, 0.3) is 0 Å². The third kappa shape index (κ3) is 19.7. The van der Waals surface area contributed by atoms with Gasteiger partial charge in [0.2, 0.25) is 5.91 Å². The quantitative estimate of drug-likeness (QED) is 0.121. The predicted octanol–water partition coefficient (Wildman–Crippen LogP) is 5.75. The van der Waals surface area contributed by atoms with Gasteiger partial charge in [-0.2, -0.15) is 0 Å². The Morgan fingerprint density at radius 3 is 1.88 bits per heavy atom. The van der Waals surface area contributed by atoms with Crippen molar-refractivity contribution in [1.29, 1.82) is 0 Å². The molecule has 0 saturated heterocycles. The summed E-state index contributed by atoms with van der Waals surface area (Å²) in [7, 11) is 0. The number of hydrogen-bond acceptors (Lipinski definition) is 4. The fraction of sp³-hybridized carbons (Fsp3) is 0.750. The summed E-state index contributed by atoms with van der Waals surface area (Å²) in [5.41, 5.74) is 0. The van der Waals surface area contributed by atoms with E-state index in [4.69, 9.17) is 0 Å². The number of amides is 1. The van der Waals surface area contributed by atoms with Gasteiger partial charge in [-0.1, -0.05) is 95.2 Å². The van der Waals surface area contributed by atoms with Crippen molar-refractivity contribution in [1.82, 2.24) is 5.32 Å². The van der Waals surface area contributed by atoms with Gasteiger partial charge in [0.15, 0.2) is 0 Å². The van der Waals surface area contributed by atoms with Crippen molar-refractivity contribution >= 4 is 5.91 Å². The standard InChI is InChI=1S/C28H51NO4/c1-3-5-7-9-11-13-15-16-18-20-22-26(31)25(24-30)29-28(33)27(32)23-21-19-17-14-12-10-8-6-4-2/h10,12-13,15,20,22,25-27,30-32H,3-9,11,14,16-19,21,23-24H2,1-2H3,(H,29,33)/b12-10-,15-13+,22-20+. The Bertz CT molecular complexity index is 530. The van der Waals surface area contributed by atoms with E-state index in [1.807, 2.05) is 6.08 Å². The SMILES string of the molecule is CCCC/C=C\CCCCCC(O)C(=O)NC(CO)C(O)/C=C/CC/C=C/CCCCCC. The van der Waals surface area contributed by atoms with Crippen molar-refractivity contribution in [3.63, 3.8) is 0 Å². The molecule has 0 aromatic heterocycles. The van der Waals surface area contributed by atoms with Gasteiger partial charge in [-0.15, -0.1) is 0 Å². The average Bonchev–Trinajstić information content (AvgIpc) is 2.82. The summed E-state index contributed by atoms with van der Waals surface area (Å²) in [4.78, 5) is 12.2. The highest BCUT2D eigenvalue weighted by Gasteiger charge is 2.22. The van der Waals surface area contributed by atoms with E-state index < -0.39 is 24.2 Å². The van der Waals surface area contributed by atoms with Crippen LogP contribution in [0.1, 0.15) is 110 Å². The zero-order chi connectivity index (χ0) is 24.6. The first kappa shape index (κ1) is 31.6. The van der Waals surface area contributed by atoms with E-state index in [0.717, 1.165) is 51.4 Å². The van der Waals surface area contributed by atoms with Gasteiger partial charge in [-0.05, 0) is 51.4 Å². The van der Waals surface area contributed by atoms with Gasteiger partial charge in [0.1, 0.15) is 6.10 Å². The third-order valence-electron chi connectivity index (χ3n) is 5.70. The molecule has 0 aromatic rings. The van der Waals surface area contributed by atoms with E-state index in [1.165, 1.54) is 38.5 Å². The van der Waals surface area contributed by atoms with Gasteiger partial charge < -0.3 is 20.6 Å². The first-order valence-electron chi connectivity index (χ1n) is 13.3. The van der Waals surface area contributed by atoms with Crippen LogP contribution >= 0.6 is 0 Å². The van der Waals surface area contributed by atoms with E-state index in [2.05, 4.69) is 43.5 Å². The van der Waals surface area contributed by atoms with Gasteiger partial charge in [0.05, 0.1) is 18.8 Å². The van der Waals surface area contributed by atoms with Gasteiger partial charge in [-0.3, -0.25) is 4.79 Å². The van der Waals surface area contributed by atoms with Crippen LogP contribution < -0.4 is 5.32 Å². The lowest BCUT2D eigenvalue weighted by molar-refractivity contribution is -0.131. The molecule has 5 heteroatoms. The zero-order valence-corrected chi connectivity index (χ0v) is 21.3. The summed E-state index contributed by atoms with van der Waals surface area (Å²) >= 11 is 0. The molecule has 5 nitrogen and oxygen atoms in total. The second kappa shape index (κ2) is 23.7. The molecule has 3 unspecified atom stereocenters. The summed E-state index contributed by atoms with van der Waals surface area (Å²) in [6.07, 6.45) is 25.9. The molecule has 0 fully saturated rings. The number of allylic oxidation sites excluding steroid dienone is 5. The number of aliphatic hydroxyl groups is 3. The van der Waals surface area contributed by atoms with Crippen LogP contribution in [0.25, 0.3) is 0 Å². The lowest BCUT2D eigenvalue weighted by atomic mass is 10.1. The van der Waals surface area contributed by atoms with E-state index in [1.54, 1.807) is 6.08 Å². The van der Waals surface area contributed by atoms with E-state index in [0.29, 0.717) is 6.42 Å². The summed E-state index contributed by atoms with van der Waals surface area (Å²) in [6.45, 7) is 4.01. The van der Waals surface area contributed by atoms with Crippen LogP contribution in [0.3, 0.4) is 0 Å². The Hall–Kier alpha value is -1.43. The Balaban J connectivity index is 4.01. The average molecular weight is 466 g/mol. The second-order valence-electron chi connectivity index (χ2n) is 8.88. The monoisotopic (exact) mass is 465 g/mol. The van der Waals surface area contributed by atoms with Crippen molar-refractivity contribution in [3.8, 4) is 0 Å². The molecule has 0 heterocycles. The molecule has 0 spiro atoms. The topological polar surface area (TPSA) is 89.8 Å². The first-order valence-corrected chi connectivity index (χ1v) is 13.3. The summed E-state index contributed by atoms with van der Waals surface area (Å²) in [5, 5.41) is 32.4. The maximum atomic E-state index is 12.2. The molecular weight excluding hydrogens is 414 g/mol. The molecular formula is C28H51NO4. The first-order chi connectivity index (χ1) is 16.1. The Kier molecular flexibility index (Phi) is 22.7. The molecule has 0 rings (SSSR count). The maximum absolute atomic E-state index is 12.2. The van der Waals surface area contributed by atoms with Crippen LogP contribution in [-0.2, 0) is 4.79 Å². The molecule has 0 saturated carbocycles. The van der Waals surface area contributed by atoms with Crippen molar-refractivity contribution in [2.75, 3.05) is 6.61 Å². The molecule has 192 valence electrons. The highest BCUT2D eigenvalue weighted by Crippen LogP contribution is 2.09. The lowest BCUT2D eigenvalue weighted by Crippen LogP contribution is -2.48. The van der Waals surface area contributed by atoms with Gasteiger partial charge >= 0.3 is 0 Å². The van der Waals surface area contributed by atoms with Gasteiger partial charge in [0, 0.05) is 0 Å². The third-order valence-corrected chi connectivity index (χ3v) is 5.70. The number of aliphatic hydroxyl groups excluding tert-OH is 3. The highest BCUT2D eigenvalue weighted by molar-refractivity contribution is 5.80. The largest absolute Gasteiger partial charge is 0.394 e. The van der Waals surface area contributed by atoms with Crippen molar-refractivity contribution in [2.24, 2.45) is 0 Å². The number of nitrogens with one attached hydrogen (secondary N) is 1. The number of carbonyl (C=O) groups excluding carboxylic acids is 1. The molecule has 1 amide bonds. The van der Waals surface area contributed by atoms with Crippen LogP contribution in [-0.4, -0.2) is 46.1 Å². The minimum Gasteiger partial charge on any atom is -0.394 e. The molecule has 0 aromatic carbocycles. The maximum Gasteiger partial charge on any atom is 0.249 e. The molecule has 0 bridgehead atoms. The molecule has 0 aliphatic carbocycles. The smallest absolute Gasteiger partial charge is 0.249 e. The van der Waals surface area contributed by atoms with E-state index in [-0.39, 0.29) is 6.61 Å². The van der Waals surface area contributed by atoms with Crippen molar-refractivity contribution in [2.45, 2.75) is 128 Å². The summed E-state index contributed by atoms with van der Waals surface area (Å²) in [6, 6.07) is -0.814. The fourth-order valence-electron chi connectivity index (χ4n) is 3.47. The number of rotatable bonds is 22. The molecule has 0 aliphatic rings. The summed E-state index contributed by atoms with van der Waals surface area (Å²) in [5.74, 6) is -0.535. The van der Waals surface area contributed by atoms with Gasteiger partial charge in [-0.25, -0.2) is 0 Å². The van der Waals surface area contributed by atoms with Crippen molar-refractivity contribution < 1.29 is 20.1 Å². The van der Waals surface area contributed by atoms with Crippen LogP contribution in [0.15, 0.2) is 36.5 Å². The number of hydrogen-bond donors (Lipinski definition) is 4. The molecule has 4 N–H and O–H groups in total. The highest BCUT2D eigenvalue weighted by atomic mass is 16.3. The number of unbranched alkanes of at least 4 members (excludes halogenated alkanes) is 10. The van der Waals surface area contributed by atoms with Crippen LogP contribution in [0.2, 0.25) is 0 Å². The van der Waals surface area contributed by atoms with Crippen LogP contribution in [0.4, 0.5) is 0 Å².